The Morgan fingerprint density at radius 3 is 2.70 bits per heavy atom. The maximum Gasteiger partial charge on any atom is 0.319 e. The molecule has 0 atom stereocenters. The van der Waals surface area contributed by atoms with Crippen molar-refractivity contribution in [3.8, 4) is 0 Å². The van der Waals surface area contributed by atoms with Gasteiger partial charge in [-0.05, 0) is 32.6 Å². The van der Waals surface area contributed by atoms with Crippen LogP contribution in [0.3, 0.4) is 0 Å². The minimum atomic E-state index is -0.134. The van der Waals surface area contributed by atoms with E-state index < -0.39 is 0 Å². The molecule has 2 N–H and O–H groups in total. The van der Waals surface area contributed by atoms with Gasteiger partial charge in [-0.1, -0.05) is 0 Å². The van der Waals surface area contributed by atoms with Gasteiger partial charge in [0.05, 0.1) is 11.9 Å². The summed E-state index contributed by atoms with van der Waals surface area (Å²) in [5, 5.41) is 10.1. The predicted molar refractivity (Wildman–Crippen MR) is 88.5 cm³/mol. The van der Waals surface area contributed by atoms with E-state index in [1.807, 2.05) is 13.1 Å². The molecule has 2 fully saturated rings. The zero-order valence-electron chi connectivity index (χ0n) is 13.8. The molecule has 0 unspecified atom stereocenters. The maximum atomic E-state index is 12.1. The van der Waals surface area contributed by atoms with Gasteiger partial charge in [-0.25, -0.2) is 4.79 Å². The molecule has 2 aliphatic rings. The van der Waals surface area contributed by atoms with Crippen LogP contribution in [0.5, 0.6) is 0 Å². The topological polar surface area (TPSA) is 71.4 Å². The normalized spacial score (nSPS) is 21.3. The van der Waals surface area contributed by atoms with Crippen LogP contribution in [0.1, 0.15) is 32.6 Å². The maximum absolute atomic E-state index is 12.1. The molecule has 1 aromatic rings. The van der Waals surface area contributed by atoms with Crippen LogP contribution >= 0.6 is 0 Å². The van der Waals surface area contributed by atoms with E-state index in [0.717, 1.165) is 64.2 Å². The number of piperidine rings is 1. The second-order valence-electron chi connectivity index (χ2n) is 6.34. The second-order valence-corrected chi connectivity index (χ2v) is 6.34. The fourth-order valence-corrected chi connectivity index (χ4v) is 3.41. The molecule has 128 valence electrons. The largest absolute Gasteiger partial charge is 0.381 e. The van der Waals surface area contributed by atoms with Crippen LogP contribution < -0.4 is 10.6 Å². The van der Waals surface area contributed by atoms with Gasteiger partial charge in [0.15, 0.2) is 0 Å². The van der Waals surface area contributed by atoms with Gasteiger partial charge in [-0.15, -0.1) is 0 Å². The number of carbonyl (C=O) groups excluding carboxylic acids is 1. The first-order valence-corrected chi connectivity index (χ1v) is 8.66. The summed E-state index contributed by atoms with van der Waals surface area (Å²) in [6, 6.07) is 0.788. The molecule has 0 radical (unpaired) electrons. The van der Waals surface area contributed by atoms with E-state index in [0.29, 0.717) is 6.04 Å². The van der Waals surface area contributed by atoms with Crippen molar-refractivity contribution in [2.75, 3.05) is 31.6 Å². The third-order valence-electron chi connectivity index (χ3n) is 4.79. The molecule has 7 nitrogen and oxygen atoms in total. The van der Waals surface area contributed by atoms with Gasteiger partial charge in [-0.3, -0.25) is 4.68 Å². The molecule has 2 saturated heterocycles. The third kappa shape index (κ3) is 4.45. The van der Waals surface area contributed by atoms with E-state index in [4.69, 9.17) is 4.74 Å². The van der Waals surface area contributed by atoms with Crippen LogP contribution in [0.2, 0.25) is 0 Å². The lowest BCUT2D eigenvalue weighted by Crippen LogP contribution is -2.49. The molecular weight excluding hydrogens is 294 g/mol. The molecule has 0 saturated carbocycles. The number of amides is 2. The average Bonchev–Trinajstić information content (AvgIpc) is 3.04. The number of hydrogen-bond acceptors (Lipinski definition) is 4. The van der Waals surface area contributed by atoms with Crippen molar-refractivity contribution in [2.24, 2.45) is 0 Å². The Bertz CT molecular complexity index is 504. The smallest absolute Gasteiger partial charge is 0.319 e. The Labute approximate surface area is 137 Å². The molecule has 7 heteroatoms. The number of aryl methyl sites for hydroxylation is 1. The highest BCUT2D eigenvalue weighted by Crippen LogP contribution is 2.20. The number of hydrogen-bond donors (Lipinski definition) is 2. The summed E-state index contributed by atoms with van der Waals surface area (Å²) in [6.07, 6.45) is 7.82. The number of urea groups is 1. The minimum Gasteiger partial charge on any atom is -0.381 e. The minimum absolute atomic E-state index is 0.134. The zero-order valence-corrected chi connectivity index (χ0v) is 13.8. The van der Waals surface area contributed by atoms with Crippen LogP contribution in [-0.4, -0.2) is 59.1 Å². The molecule has 3 heterocycles. The van der Waals surface area contributed by atoms with Crippen LogP contribution in [0, 0.1) is 0 Å². The van der Waals surface area contributed by atoms with E-state index in [9.17, 15) is 4.79 Å². The summed E-state index contributed by atoms with van der Waals surface area (Å²) in [5.41, 5.74) is 0.740. The van der Waals surface area contributed by atoms with Gasteiger partial charge in [-0.2, -0.15) is 5.10 Å². The van der Waals surface area contributed by atoms with E-state index in [1.54, 1.807) is 10.9 Å². The Balaban J connectivity index is 1.40. The highest BCUT2D eigenvalue weighted by atomic mass is 16.5. The summed E-state index contributed by atoms with van der Waals surface area (Å²) in [5.74, 6) is 0. The summed E-state index contributed by atoms with van der Waals surface area (Å²) in [6.45, 7) is 6.71. The SMILES string of the molecule is CCn1cc(NC(=O)NC2CCN(C3CCOCC3)CC2)cn1. The van der Waals surface area contributed by atoms with Crippen LogP contribution in [0.25, 0.3) is 0 Å². The highest BCUT2D eigenvalue weighted by Gasteiger charge is 2.27. The van der Waals surface area contributed by atoms with Crippen molar-refractivity contribution in [3.63, 3.8) is 0 Å². The summed E-state index contributed by atoms with van der Waals surface area (Å²) < 4.78 is 7.23. The van der Waals surface area contributed by atoms with Crippen molar-refractivity contribution in [1.82, 2.24) is 20.0 Å². The molecule has 0 bridgehead atoms. The van der Waals surface area contributed by atoms with Gasteiger partial charge in [0.2, 0.25) is 0 Å². The van der Waals surface area contributed by atoms with Crippen molar-refractivity contribution < 1.29 is 9.53 Å². The number of nitrogens with one attached hydrogen (secondary N) is 2. The van der Waals surface area contributed by atoms with E-state index in [2.05, 4.69) is 20.6 Å². The Morgan fingerprint density at radius 2 is 2.04 bits per heavy atom. The fourth-order valence-electron chi connectivity index (χ4n) is 3.41. The van der Waals surface area contributed by atoms with Gasteiger partial charge in [0, 0.05) is 51.1 Å². The number of anilines is 1. The number of carbonyl (C=O) groups is 1. The molecule has 2 amide bonds. The number of aromatic nitrogens is 2. The van der Waals surface area contributed by atoms with Crippen molar-refractivity contribution in [1.29, 1.82) is 0 Å². The Morgan fingerprint density at radius 1 is 1.30 bits per heavy atom. The molecule has 0 aliphatic carbocycles. The standard InChI is InChI=1S/C16H27N5O2/c1-2-21-12-14(11-17-21)19-16(22)18-13-3-7-20(8-4-13)15-5-9-23-10-6-15/h11-13,15H,2-10H2,1H3,(H2,18,19,22). The second kappa shape index (κ2) is 7.79. The number of rotatable bonds is 4. The quantitative estimate of drug-likeness (QED) is 0.885. The Hall–Kier alpha value is -1.60. The van der Waals surface area contributed by atoms with Crippen LogP contribution in [0.4, 0.5) is 10.5 Å². The van der Waals surface area contributed by atoms with Crippen LogP contribution in [-0.2, 0) is 11.3 Å². The first kappa shape index (κ1) is 16.3. The lowest BCUT2D eigenvalue weighted by Gasteiger charge is -2.39. The fraction of sp³-hybridized carbons (Fsp3) is 0.750. The molecule has 0 spiro atoms. The van der Waals surface area contributed by atoms with Crippen molar-refractivity contribution in [2.45, 2.75) is 51.2 Å². The highest BCUT2D eigenvalue weighted by molar-refractivity contribution is 5.89. The van der Waals surface area contributed by atoms with Crippen LogP contribution in [0.15, 0.2) is 12.4 Å². The van der Waals surface area contributed by atoms with E-state index >= 15 is 0 Å². The Kier molecular flexibility index (Phi) is 5.51. The van der Waals surface area contributed by atoms with Gasteiger partial charge in [0.1, 0.15) is 0 Å². The van der Waals surface area contributed by atoms with Gasteiger partial charge < -0.3 is 20.3 Å². The molecule has 1 aromatic heterocycles. The van der Waals surface area contributed by atoms with Gasteiger partial charge >= 0.3 is 6.03 Å². The lowest BCUT2D eigenvalue weighted by molar-refractivity contribution is 0.0244. The number of ether oxygens (including phenoxy) is 1. The molecular formula is C16H27N5O2. The monoisotopic (exact) mass is 321 g/mol. The molecule has 2 aliphatic heterocycles. The zero-order chi connectivity index (χ0) is 16.1. The summed E-state index contributed by atoms with van der Waals surface area (Å²) in [7, 11) is 0. The first-order valence-electron chi connectivity index (χ1n) is 8.66. The summed E-state index contributed by atoms with van der Waals surface area (Å²) in [4.78, 5) is 14.6. The summed E-state index contributed by atoms with van der Waals surface area (Å²) >= 11 is 0. The van der Waals surface area contributed by atoms with Crippen molar-refractivity contribution >= 4 is 11.7 Å². The third-order valence-corrected chi connectivity index (χ3v) is 4.79. The van der Waals surface area contributed by atoms with E-state index in [-0.39, 0.29) is 12.1 Å². The predicted octanol–water partition coefficient (Wildman–Crippen LogP) is 1.67. The van der Waals surface area contributed by atoms with Gasteiger partial charge in [0.25, 0.3) is 0 Å². The van der Waals surface area contributed by atoms with E-state index in [1.165, 1.54) is 0 Å². The average molecular weight is 321 g/mol. The number of likely N-dealkylation sites (tertiary alicyclic amines) is 1. The molecule has 0 aromatic carbocycles. The molecule has 3 rings (SSSR count). The lowest BCUT2D eigenvalue weighted by atomic mass is 10.00. The van der Waals surface area contributed by atoms with Crippen molar-refractivity contribution in [3.05, 3.63) is 12.4 Å². The first-order chi connectivity index (χ1) is 11.2. The molecule has 23 heavy (non-hydrogen) atoms. The number of nitrogens with zero attached hydrogens (tertiary/aromatic N) is 3.